The summed E-state index contributed by atoms with van der Waals surface area (Å²) in [6.07, 6.45) is 9.02. The molecular weight excluding hydrogens is 414 g/mol. The van der Waals surface area contributed by atoms with Crippen LogP contribution in [-0.4, -0.2) is 39.4 Å². The van der Waals surface area contributed by atoms with Crippen LogP contribution in [0, 0.1) is 0 Å². The summed E-state index contributed by atoms with van der Waals surface area (Å²) in [5.74, 6) is 1.11. The molecule has 0 atom stereocenters. The van der Waals surface area contributed by atoms with Crippen molar-refractivity contribution in [3.63, 3.8) is 0 Å². The molecule has 1 amide bonds. The summed E-state index contributed by atoms with van der Waals surface area (Å²) < 4.78 is 7.58. The number of furan rings is 1. The maximum Gasteiger partial charge on any atom is 0.251 e. The Morgan fingerprint density at radius 2 is 1.82 bits per heavy atom. The van der Waals surface area contributed by atoms with E-state index in [9.17, 15) is 4.79 Å². The topological polar surface area (TPSA) is 75.7 Å². The average Bonchev–Trinajstić information content (AvgIpc) is 3.54. The van der Waals surface area contributed by atoms with Crippen molar-refractivity contribution in [3.05, 3.63) is 85.0 Å². The van der Waals surface area contributed by atoms with Gasteiger partial charge in [-0.1, -0.05) is 18.2 Å². The van der Waals surface area contributed by atoms with Crippen LogP contribution >= 0.6 is 0 Å². The minimum atomic E-state index is -0.0359. The molecule has 0 radical (unpaired) electrons. The molecular formula is C26H23N5O2. The van der Waals surface area contributed by atoms with E-state index in [0.29, 0.717) is 5.56 Å². The van der Waals surface area contributed by atoms with Crippen LogP contribution in [0.3, 0.4) is 0 Å². The van der Waals surface area contributed by atoms with Gasteiger partial charge in [-0.05, 0) is 49.2 Å². The van der Waals surface area contributed by atoms with Crippen LogP contribution in [0.4, 0.5) is 5.82 Å². The smallest absolute Gasteiger partial charge is 0.251 e. The molecule has 1 fully saturated rings. The number of nitrogens with zero attached hydrogens (tertiary/aromatic N) is 4. The van der Waals surface area contributed by atoms with Crippen LogP contribution in [0.5, 0.6) is 0 Å². The molecule has 0 saturated carbocycles. The van der Waals surface area contributed by atoms with E-state index < -0.39 is 0 Å². The first kappa shape index (κ1) is 19.5. The predicted octanol–water partition coefficient (Wildman–Crippen LogP) is 4.54. The molecule has 4 aromatic heterocycles. The fraction of sp³-hybridized carbons (Fsp3) is 0.192. The number of amides is 1. The summed E-state index contributed by atoms with van der Waals surface area (Å²) in [7, 11) is 0. The summed E-state index contributed by atoms with van der Waals surface area (Å²) in [6, 6.07) is 17.7. The SMILES string of the molecule is O=C(NC1CCN(c2cccc3nccn23)CC1)c1ccc(-c2nccc3occc23)cc1. The highest BCUT2D eigenvalue weighted by atomic mass is 16.3. The van der Waals surface area contributed by atoms with Gasteiger partial charge in [0.05, 0.1) is 12.0 Å². The Balaban J connectivity index is 1.11. The molecule has 1 aromatic carbocycles. The molecule has 1 aliphatic heterocycles. The Hall–Kier alpha value is -4.13. The van der Waals surface area contributed by atoms with Crippen molar-refractivity contribution in [1.29, 1.82) is 0 Å². The van der Waals surface area contributed by atoms with Crippen molar-refractivity contribution in [2.75, 3.05) is 18.0 Å². The van der Waals surface area contributed by atoms with Gasteiger partial charge in [0.1, 0.15) is 17.0 Å². The van der Waals surface area contributed by atoms with E-state index in [1.165, 1.54) is 0 Å². The van der Waals surface area contributed by atoms with E-state index >= 15 is 0 Å². The molecule has 1 saturated heterocycles. The molecule has 0 unspecified atom stereocenters. The number of piperidine rings is 1. The number of anilines is 1. The van der Waals surface area contributed by atoms with Gasteiger partial charge in [-0.15, -0.1) is 0 Å². The van der Waals surface area contributed by atoms with Gasteiger partial charge < -0.3 is 14.6 Å². The Morgan fingerprint density at radius 3 is 2.67 bits per heavy atom. The highest BCUT2D eigenvalue weighted by molar-refractivity contribution is 5.96. The van der Waals surface area contributed by atoms with Crippen molar-refractivity contribution in [2.24, 2.45) is 0 Å². The molecule has 5 heterocycles. The quantitative estimate of drug-likeness (QED) is 0.447. The van der Waals surface area contributed by atoms with Crippen LogP contribution < -0.4 is 10.2 Å². The second-order valence-electron chi connectivity index (χ2n) is 8.34. The largest absolute Gasteiger partial charge is 0.464 e. The number of aromatic nitrogens is 3. The lowest BCUT2D eigenvalue weighted by atomic mass is 10.0. The summed E-state index contributed by atoms with van der Waals surface area (Å²) in [5, 5.41) is 4.17. The number of hydrogen-bond acceptors (Lipinski definition) is 5. The number of imidazole rings is 1. The minimum absolute atomic E-state index is 0.0359. The molecule has 164 valence electrons. The summed E-state index contributed by atoms with van der Waals surface area (Å²) in [6.45, 7) is 1.78. The van der Waals surface area contributed by atoms with Crippen LogP contribution in [0.25, 0.3) is 27.9 Å². The van der Waals surface area contributed by atoms with Crippen molar-refractivity contribution < 1.29 is 9.21 Å². The van der Waals surface area contributed by atoms with Crippen LogP contribution in [0.2, 0.25) is 0 Å². The van der Waals surface area contributed by atoms with Crippen LogP contribution in [0.15, 0.2) is 83.9 Å². The lowest BCUT2D eigenvalue weighted by Gasteiger charge is -2.34. The van der Waals surface area contributed by atoms with Crippen molar-refractivity contribution >= 4 is 28.3 Å². The number of rotatable bonds is 4. The maximum absolute atomic E-state index is 12.9. The third-order valence-electron chi connectivity index (χ3n) is 6.36. The summed E-state index contributed by atoms with van der Waals surface area (Å²) in [4.78, 5) is 24.1. The van der Waals surface area contributed by atoms with Crippen LogP contribution in [-0.2, 0) is 0 Å². The number of carbonyl (C=O) groups is 1. The number of carbonyl (C=O) groups excluding carboxylic acids is 1. The fourth-order valence-corrected chi connectivity index (χ4v) is 4.62. The molecule has 7 nitrogen and oxygen atoms in total. The van der Waals surface area contributed by atoms with Crippen LogP contribution in [0.1, 0.15) is 23.2 Å². The van der Waals surface area contributed by atoms with Gasteiger partial charge in [-0.25, -0.2) is 4.98 Å². The standard InChI is InChI=1S/C26H23N5O2/c32-26(19-6-4-18(5-7-19)25-21-11-17-33-22(21)8-12-28-25)29-20-9-14-30(15-10-20)24-3-1-2-23-27-13-16-31(23)24/h1-8,11-13,16-17,20H,9-10,14-15H2,(H,29,32). The van der Waals surface area contributed by atoms with E-state index in [2.05, 4.69) is 30.7 Å². The summed E-state index contributed by atoms with van der Waals surface area (Å²) >= 11 is 0. The molecule has 0 aliphatic carbocycles. The highest BCUT2D eigenvalue weighted by Crippen LogP contribution is 2.27. The van der Waals surface area contributed by atoms with Crippen molar-refractivity contribution in [1.82, 2.24) is 19.7 Å². The number of fused-ring (bicyclic) bond motifs is 2. The third-order valence-corrected chi connectivity index (χ3v) is 6.36. The first-order chi connectivity index (χ1) is 16.3. The normalized spacial score (nSPS) is 14.7. The second kappa shape index (κ2) is 8.09. The van der Waals surface area contributed by atoms with E-state index in [4.69, 9.17) is 4.42 Å². The highest BCUT2D eigenvalue weighted by Gasteiger charge is 2.22. The Morgan fingerprint density at radius 1 is 0.970 bits per heavy atom. The lowest BCUT2D eigenvalue weighted by molar-refractivity contribution is 0.0931. The van der Waals surface area contributed by atoms with Crippen molar-refractivity contribution in [3.8, 4) is 11.3 Å². The molecule has 1 N–H and O–H groups in total. The van der Waals surface area contributed by atoms with Crippen molar-refractivity contribution in [2.45, 2.75) is 18.9 Å². The first-order valence-electron chi connectivity index (χ1n) is 11.2. The second-order valence-corrected chi connectivity index (χ2v) is 8.34. The number of hydrogen-bond donors (Lipinski definition) is 1. The predicted molar refractivity (Wildman–Crippen MR) is 127 cm³/mol. The molecule has 6 rings (SSSR count). The maximum atomic E-state index is 12.9. The van der Waals surface area contributed by atoms with Gasteiger partial charge in [0, 0.05) is 54.2 Å². The average molecular weight is 438 g/mol. The molecule has 33 heavy (non-hydrogen) atoms. The van der Waals surface area contributed by atoms with Gasteiger partial charge in [-0.3, -0.25) is 14.2 Å². The lowest BCUT2D eigenvalue weighted by Crippen LogP contribution is -2.45. The van der Waals surface area contributed by atoms with Gasteiger partial charge >= 0.3 is 0 Å². The van der Waals surface area contributed by atoms with Gasteiger partial charge in [0.25, 0.3) is 5.91 Å². The molecule has 7 heteroatoms. The zero-order valence-electron chi connectivity index (χ0n) is 18.0. The van der Waals surface area contributed by atoms with E-state index in [0.717, 1.165) is 59.6 Å². The monoisotopic (exact) mass is 437 g/mol. The summed E-state index contributed by atoms with van der Waals surface area (Å²) in [5.41, 5.74) is 4.22. The molecule has 1 aliphatic rings. The minimum Gasteiger partial charge on any atom is -0.464 e. The van der Waals surface area contributed by atoms with E-state index in [1.54, 1.807) is 12.5 Å². The van der Waals surface area contributed by atoms with Gasteiger partial charge in [0.2, 0.25) is 0 Å². The van der Waals surface area contributed by atoms with E-state index in [1.807, 2.05) is 60.9 Å². The zero-order valence-corrected chi connectivity index (χ0v) is 18.0. The number of benzene rings is 1. The van der Waals surface area contributed by atoms with Gasteiger partial charge in [0.15, 0.2) is 0 Å². The molecule has 5 aromatic rings. The third kappa shape index (κ3) is 3.61. The Kier molecular flexibility index (Phi) is 4.79. The number of nitrogens with one attached hydrogen (secondary N) is 1. The van der Waals surface area contributed by atoms with Gasteiger partial charge in [-0.2, -0.15) is 0 Å². The number of pyridine rings is 2. The van der Waals surface area contributed by atoms with E-state index in [-0.39, 0.29) is 11.9 Å². The molecule has 0 bridgehead atoms. The zero-order chi connectivity index (χ0) is 22.2. The Bertz CT molecular complexity index is 1430. The first-order valence-corrected chi connectivity index (χ1v) is 11.2. The fourth-order valence-electron chi connectivity index (χ4n) is 4.62. The molecule has 0 spiro atoms. The Labute approximate surface area is 190 Å².